The number of nitrogens with zero attached hydrogens (tertiary/aromatic N) is 4. The van der Waals surface area contributed by atoms with E-state index < -0.39 is 5.60 Å². The molecule has 6 nitrogen and oxygen atoms in total. The van der Waals surface area contributed by atoms with Gasteiger partial charge in [0, 0.05) is 56.3 Å². The number of hydrogen-bond donors (Lipinski definition) is 1. The van der Waals surface area contributed by atoms with E-state index in [4.69, 9.17) is 0 Å². The molecular weight excluding hydrogens is 388 g/mol. The quantitative estimate of drug-likeness (QED) is 0.799. The van der Waals surface area contributed by atoms with Crippen molar-refractivity contribution < 1.29 is 9.90 Å². The summed E-state index contributed by atoms with van der Waals surface area (Å²) in [6.45, 7) is 5.66. The second kappa shape index (κ2) is 8.94. The van der Waals surface area contributed by atoms with Crippen molar-refractivity contribution in [2.24, 2.45) is 11.8 Å². The predicted octanol–water partition coefficient (Wildman–Crippen LogP) is 3.37. The molecule has 2 atom stereocenters. The number of rotatable bonds is 5. The molecule has 0 aliphatic carbocycles. The molecule has 0 bridgehead atoms. The molecular formula is C25H32N4O2. The lowest BCUT2D eigenvalue weighted by Gasteiger charge is -2.39. The van der Waals surface area contributed by atoms with E-state index in [9.17, 15) is 15.2 Å². The topological polar surface area (TPSA) is 80.5 Å². The van der Waals surface area contributed by atoms with Gasteiger partial charge in [-0.05, 0) is 62.4 Å². The number of Topliss-reactive ketones (excluding diaryl/α,β-unsaturated/α-hetero) is 1. The lowest BCUT2D eigenvalue weighted by molar-refractivity contribution is -0.127. The van der Waals surface area contributed by atoms with Gasteiger partial charge >= 0.3 is 0 Å². The molecule has 4 rings (SSSR count). The van der Waals surface area contributed by atoms with Crippen LogP contribution in [0.4, 0.5) is 5.69 Å². The molecule has 2 aliphatic heterocycles. The predicted molar refractivity (Wildman–Crippen MR) is 122 cm³/mol. The van der Waals surface area contributed by atoms with E-state index in [1.54, 1.807) is 6.20 Å². The smallest absolute Gasteiger partial charge is 0.136 e. The summed E-state index contributed by atoms with van der Waals surface area (Å²) in [5, 5.41) is 21.3. The molecule has 164 valence electrons. The molecule has 0 spiro atoms. The first-order valence-electron chi connectivity index (χ1n) is 11.3. The summed E-state index contributed by atoms with van der Waals surface area (Å²) in [5.41, 5.74) is 1.57. The van der Waals surface area contributed by atoms with Crippen molar-refractivity contribution in [3.8, 4) is 6.07 Å². The second-order valence-electron chi connectivity index (χ2n) is 9.70. The van der Waals surface area contributed by atoms with E-state index in [0.29, 0.717) is 30.7 Å². The Morgan fingerprint density at radius 2 is 2.06 bits per heavy atom. The Balaban J connectivity index is 1.47. The minimum atomic E-state index is -0.835. The first-order chi connectivity index (χ1) is 14.9. The van der Waals surface area contributed by atoms with Gasteiger partial charge in [0.05, 0.1) is 16.7 Å². The lowest BCUT2D eigenvalue weighted by atomic mass is 9.82. The average molecular weight is 421 g/mol. The highest BCUT2D eigenvalue weighted by Gasteiger charge is 2.35. The van der Waals surface area contributed by atoms with E-state index in [0.717, 1.165) is 49.2 Å². The van der Waals surface area contributed by atoms with Gasteiger partial charge < -0.3 is 14.9 Å². The van der Waals surface area contributed by atoms with Crippen molar-refractivity contribution >= 4 is 22.4 Å². The summed E-state index contributed by atoms with van der Waals surface area (Å²) < 4.78 is 0. The average Bonchev–Trinajstić information content (AvgIpc) is 2.74. The summed E-state index contributed by atoms with van der Waals surface area (Å²) >= 11 is 0. The summed E-state index contributed by atoms with van der Waals surface area (Å²) in [5.74, 6) is 0.922. The minimum absolute atomic E-state index is 0.178. The Labute approximate surface area is 184 Å². The number of likely N-dealkylation sites (tertiary alicyclic amines) is 1. The van der Waals surface area contributed by atoms with E-state index >= 15 is 0 Å². The van der Waals surface area contributed by atoms with Gasteiger partial charge in [0.1, 0.15) is 11.9 Å². The Morgan fingerprint density at radius 3 is 2.81 bits per heavy atom. The summed E-state index contributed by atoms with van der Waals surface area (Å²) in [6, 6.07) is 10.0. The van der Waals surface area contributed by atoms with Gasteiger partial charge in [0.2, 0.25) is 0 Å². The number of carbonyl (C=O) groups is 1. The number of aromatic nitrogens is 1. The van der Waals surface area contributed by atoms with E-state index in [2.05, 4.69) is 34.8 Å². The maximum absolute atomic E-state index is 12.9. The molecule has 1 aromatic heterocycles. The number of benzene rings is 1. The molecule has 3 heterocycles. The lowest BCUT2D eigenvalue weighted by Crippen LogP contribution is -2.45. The van der Waals surface area contributed by atoms with E-state index in [1.165, 1.54) is 0 Å². The largest absolute Gasteiger partial charge is 0.389 e. The third-order valence-corrected chi connectivity index (χ3v) is 6.91. The van der Waals surface area contributed by atoms with Gasteiger partial charge in [-0.3, -0.25) is 9.78 Å². The maximum Gasteiger partial charge on any atom is 0.136 e. The molecule has 0 radical (unpaired) electrons. The van der Waals surface area contributed by atoms with Crippen LogP contribution in [0.5, 0.6) is 0 Å². The highest BCUT2D eigenvalue weighted by atomic mass is 16.3. The van der Waals surface area contributed by atoms with Crippen molar-refractivity contribution in [3.05, 3.63) is 36.0 Å². The highest BCUT2D eigenvalue weighted by molar-refractivity contribution is 5.95. The Bertz CT molecular complexity index is 991. The van der Waals surface area contributed by atoms with Gasteiger partial charge in [-0.25, -0.2) is 0 Å². The van der Waals surface area contributed by atoms with Gasteiger partial charge in [0.15, 0.2) is 0 Å². The molecule has 2 saturated heterocycles. The van der Waals surface area contributed by atoms with Gasteiger partial charge in [-0.2, -0.15) is 5.26 Å². The Hall–Kier alpha value is -2.49. The molecule has 1 aromatic carbocycles. The number of hydrogen-bond acceptors (Lipinski definition) is 6. The van der Waals surface area contributed by atoms with Crippen LogP contribution in [0, 0.1) is 23.2 Å². The fourth-order valence-corrected chi connectivity index (χ4v) is 5.32. The first kappa shape index (κ1) is 21.7. The minimum Gasteiger partial charge on any atom is -0.389 e. The van der Waals surface area contributed by atoms with Crippen molar-refractivity contribution in [1.29, 1.82) is 5.26 Å². The molecule has 0 amide bonds. The zero-order chi connectivity index (χ0) is 22.0. The van der Waals surface area contributed by atoms with Crippen LogP contribution in [0.2, 0.25) is 0 Å². The number of nitriles is 1. The SMILES string of the molecule is C[C@H]1C[C@@H](CC(=O)CC2(O)CCN(C)CC2)CN(c2ccc(C#N)c3ncccc23)C1. The van der Waals surface area contributed by atoms with Gasteiger partial charge in [-0.15, -0.1) is 0 Å². The molecule has 0 unspecified atom stereocenters. The monoisotopic (exact) mass is 420 g/mol. The fraction of sp³-hybridized carbons (Fsp3) is 0.560. The fourth-order valence-electron chi connectivity index (χ4n) is 5.32. The maximum atomic E-state index is 12.9. The van der Waals surface area contributed by atoms with E-state index in [1.807, 2.05) is 24.3 Å². The molecule has 6 heteroatoms. The normalized spacial score (nSPS) is 24.1. The number of pyridine rings is 1. The van der Waals surface area contributed by atoms with Crippen LogP contribution in [0.25, 0.3) is 10.9 Å². The standard InChI is InChI=1S/C25H32N4O2/c1-18-12-19(13-21(30)14-25(31)7-10-28(2)11-8-25)17-29(16-18)23-6-5-20(15-26)24-22(23)4-3-9-27-24/h3-6,9,18-19,31H,7-8,10-14,16-17H2,1-2H3/t18-,19-/m0/s1. The van der Waals surface area contributed by atoms with Gasteiger partial charge in [0.25, 0.3) is 0 Å². The van der Waals surface area contributed by atoms with Crippen LogP contribution in [0.3, 0.4) is 0 Å². The second-order valence-corrected chi connectivity index (χ2v) is 9.70. The van der Waals surface area contributed by atoms with Crippen molar-refractivity contribution in [3.63, 3.8) is 0 Å². The highest BCUT2D eigenvalue weighted by Crippen LogP contribution is 2.34. The summed E-state index contributed by atoms with van der Waals surface area (Å²) in [6.07, 6.45) is 4.89. The van der Waals surface area contributed by atoms with Crippen LogP contribution in [0.15, 0.2) is 30.5 Å². The van der Waals surface area contributed by atoms with E-state index in [-0.39, 0.29) is 18.1 Å². The summed E-state index contributed by atoms with van der Waals surface area (Å²) in [4.78, 5) is 21.9. The third-order valence-electron chi connectivity index (χ3n) is 6.91. The number of ketones is 1. The summed E-state index contributed by atoms with van der Waals surface area (Å²) in [7, 11) is 2.06. The number of anilines is 1. The van der Waals surface area contributed by atoms with Crippen LogP contribution in [-0.2, 0) is 4.79 Å². The molecule has 31 heavy (non-hydrogen) atoms. The number of fused-ring (bicyclic) bond motifs is 1. The van der Waals surface area contributed by atoms with Crippen molar-refractivity contribution in [2.75, 3.05) is 38.1 Å². The first-order valence-corrected chi connectivity index (χ1v) is 11.3. The van der Waals surface area contributed by atoms with Gasteiger partial charge in [-0.1, -0.05) is 6.92 Å². The Morgan fingerprint density at radius 1 is 1.29 bits per heavy atom. The molecule has 1 N–H and O–H groups in total. The molecule has 0 saturated carbocycles. The van der Waals surface area contributed by atoms with Crippen LogP contribution in [-0.4, -0.2) is 59.6 Å². The van der Waals surface area contributed by atoms with Crippen molar-refractivity contribution in [2.45, 2.75) is 44.6 Å². The van der Waals surface area contributed by atoms with Crippen LogP contribution >= 0.6 is 0 Å². The Kier molecular flexibility index (Phi) is 6.27. The third kappa shape index (κ3) is 4.89. The molecule has 2 aliphatic rings. The molecule has 2 aromatic rings. The zero-order valence-electron chi connectivity index (χ0n) is 18.5. The molecule has 2 fully saturated rings. The van der Waals surface area contributed by atoms with Crippen molar-refractivity contribution in [1.82, 2.24) is 9.88 Å². The number of aliphatic hydroxyl groups is 1. The zero-order valence-corrected chi connectivity index (χ0v) is 18.5. The van der Waals surface area contributed by atoms with Crippen LogP contribution in [0.1, 0.15) is 44.6 Å². The number of piperidine rings is 2. The van der Waals surface area contributed by atoms with Crippen LogP contribution < -0.4 is 4.90 Å². The number of carbonyl (C=O) groups excluding carboxylic acids is 1.